The summed E-state index contributed by atoms with van der Waals surface area (Å²) in [6, 6.07) is 0. The van der Waals surface area contributed by atoms with Crippen molar-refractivity contribution in [2.75, 3.05) is 26.4 Å². The summed E-state index contributed by atoms with van der Waals surface area (Å²) in [5, 5.41) is 0. The van der Waals surface area contributed by atoms with E-state index in [1.165, 1.54) is 5.69 Å². The molecular weight excluding hydrogens is 318 g/mol. The lowest BCUT2D eigenvalue weighted by molar-refractivity contribution is -0.146. The van der Waals surface area contributed by atoms with Gasteiger partial charge in [0.15, 0.2) is 0 Å². The number of carbonyl (C=O) groups is 1. The van der Waals surface area contributed by atoms with Gasteiger partial charge in [-0.25, -0.2) is 4.98 Å². The van der Waals surface area contributed by atoms with E-state index in [0.717, 1.165) is 37.9 Å². The van der Waals surface area contributed by atoms with E-state index in [1.807, 2.05) is 0 Å². The van der Waals surface area contributed by atoms with Gasteiger partial charge >= 0.3 is 0 Å². The zero-order valence-electron chi connectivity index (χ0n) is 15.7. The molecule has 0 aliphatic carbocycles. The first-order valence-electron chi connectivity index (χ1n) is 9.55. The van der Waals surface area contributed by atoms with Crippen molar-refractivity contribution in [1.82, 2.24) is 14.9 Å². The van der Waals surface area contributed by atoms with Crippen LogP contribution in [0.25, 0.3) is 0 Å². The molecule has 1 aromatic rings. The molecule has 3 heterocycles. The van der Waals surface area contributed by atoms with Crippen molar-refractivity contribution in [1.29, 1.82) is 0 Å². The number of amides is 1. The summed E-state index contributed by atoms with van der Waals surface area (Å²) in [7, 11) is 0. The molecule has 1 saturated heterocycles. The summed E-state index contributed by atoms with van der Waals surface area (Å²) >= 11 is 0. The lowest BCUT2D eigenvalue weighted by Gasteiger charge is -2.48. The molecule has 3 rings (SSSR count). The lowest BCUT2D eigenvalue weighted by atomic mass is 9.80. The van der Waals surface area contributed by atoms with Gasteiger partial charge in [0.2, 0.25) is 5.91 Å². The van der Waals surface area contributed by atoms with E-state index in [4.69, 9.17) is 9.47 Å². The Morgan fingerprint density at radius 2 is 2.16 bits per heavy atom. The molecule has 1 aromatic heterocycles. The number of aromatic nitrogens is 2. The molecule has 2 aliphatic heterocycles. The number of rotatable bonds is 6. The Balaban J connectivity index is 1.65. The van der Waals surface area contributed by atoms with E-state index in [0.29, 0.717) is 32.2 Å². The second-order valence-electron chi connectivity index (χ2n) is 7.73. The van der Waals surface area contributed by atoms with Gasteiger partial charge in [-0.15, -0.1) is 0 Å². The van der Waals surface area contributed by atoms with Gasteiger partial charge in [-0.05, 0) is 32.1 Å². The summed E-state index contributed by atoms with van der Waals surface area (Å²) in [4.78, 5) is 22.8. The molecule has 0 bridgehead atoms. The largest absolute Gasteiger partial charge is 0.381 e. The average Bonchev–Trinajstić information content (AvgIpc) is 3.05. The number of nitrogens with one attached hydrogen (secondary N) is 1. The van der Waals surface area contributed by atoms with Gasteiger partial charge in [0, 0.05) is 31.9 Å². The molecule has 1 fully saturated rings. The minimum Gasteiger partial charge on any atom is -0.381 e. The summed E-state index contributed by atoms with van der Waals surface area (Å²) in [6.07, 6.45) is 5.90. The standard InChI is InChI=1S/C19H31N3O3/c1-14(2)12-15(3)25-9-5-17(23)22-8-4-16-18(21-13-20-16)19(22)6-10-24-11-7-19/h13-15H,4-12H2,1-3H3,(H,20,21). The number of carbonyl (C=O) groups excluding carboxylic acids is 1. The quantitative estimate of drug-likeness (QED) is 0.857. The number of H-pyrrole nitrogens is 1. The number of hydrogen-bond acceptors (Lipinski definition) is 4. The fourth-order valence-corrected chi connectivity index (χ4v) is 4.27. The highest BCUT2D eigenvalue weighted by Crippen LogP contribution is 2.41. The molecule has 0 aromatic carbocycles. The number of imidazole rings is 1. The van der Waals surface area contributed by atoms with Crippen molar-refractivity contribution in [3.63, 3.8) is 0 Å². The molecule has 1 unspecified atom stereocenters. The highest BCUT2D eigenvalue weighted by atomic mass is 16.5. The Labute approximate surface area is 150 Å². The maximum Gasteiger partial charge on any atom is 0.225 e. The van der Waals surface area contributed by atoms with Crippen LogP contribution < -0.4 is 0 Å². The van der Waals surface area contributed by atoms with E-state index in [9.17, 15) is 4.79 Å². The maximum absolute atomic E-state index is 13.0. The number of aromatic amines is 1. The van der Waals surface area contributed by atoms with E-state index >= 15 is 0 Å². The van der Waals surface area contributed by atoms with Gasteiger partial charge in [0.05, 0.1) is 36.7 Å². The maximum atomic E-state index is 13.0. The Morgan fingerprint density at radius 1 is 1.40 bits per heavy atom. The first-order valence-corrected chi connectivity index (χ1v) is 9.55. The van der Waals surface area contributed by atoms with Crippen LogP contribution in [0.15, 0.2) is 6.33 Å². The van der Waals surface area contributed by atoms with Crippen molar-refractivity contribution in [2.24, 2.45) is 5.92 Å². The van der Waals surface area contributed by atoms with Crippen LogP contribution in [0.3, 0.4) is 0 Å². The van der Waals surface area contributed by atoms with Crippen LogP contribution in [0, 0.1) is 5.92 Å². The summed E-state index contributed by atoms with van der Waals surface area (Å²) in [5.41, 5.74) is 1.92. The fraction of sp³-hybridized carbons (Fsp3) is 0.789. The molecule has 25 heavy (non-hydrogen) atoms. The third kappa shape index (κ3) is 3.90. The van der Waals surface area contributed by atoms with E-state index in [-0.39, 0.29) is 17.6 Å². The molecule has 6 nitrogen and oxygen atoms in total. The molecule has 1 atom stereocenters. The molecule has 1 N–H and O–H groups in total. The fourth-order valence-electron chi connectivity index (χ4n) is 4.27. The van der Waals surface area contributed by atoms with Gasteiger partial charge in [0.25, 0.3) is 0 Å². The minimum atomic E-state index is -0.299. The molecular formula is C19H31N3O3. The molecule has 1 amide bonds. The van der Waals surface area contributed by atoms with Crippen molar-refractivity contribution < 1.29 is 14.3 Å². The van der Waals surface area contributed by atoms with Crippen LogP contribution in [0.4, 0.5) is 0 Å². The summed E-state index contributed by atoms with van der Waals surface area (Å²) in [6.45, 7) is 9.06. The molecule has 2 aliphatic rings. The second kappa shape index (κ2) is 7.87. The van der Waals surface area contributed by atoms with Gasteiger partial charge in [-0.1, -0.05) is 13.8 Å². The van der Waals surface area contributed by atoms with Crippen LogP contribution >= 0.6 is 0 Å². The molecule has 140 valence electrons. The third-order valence-corrected chi connectivity index (χ3v) is 5.40. The zero-order chi connectivity index (χ0) is 17.9. The van der Waals surface area contributed by atoms with Crippen LogP contribution in [-0.2, 0) is 26.2 Å². The van der Waals surface area contributed by atoms with Gasteiger partial charge in [-0.2, -0.15) is 0 Å². The zero-order valence-corrected chi connectivity index (χ0v) is 15.7. The Kier molecular flexibility index (Phi) is 5.79. The number of nitrogens with zero attached hydrogens (tertiary/aromatic N) is 2. The predicted molar refractivity (Wildman–Crippen MR) is 95.2 cm³/mol. The normalized spacial score (nSPS) is 20.7. The van der Waals surface area contributed by atoms with Crippen molar-refractivity contribution in [2.45, 2.75) is 64.5 Å². The van der Waals surface area contributed by atoms with Crippen LogP contribution in [0.2, 0.25) is 0 Å². The first kappa shape index (κ1) is 18.4. The topological polar surface area (TPSA) is 67.5 Å². The Bertz CT molecular complexity index is 578. The van der Waals surface area contributed by atoms with E-state index in [2.05, 4.69) is 35.6 Å². The Morgan fingerprint density at radius 3 is 2.88 bits per heavy atom. The summed E-state index contributed by atoms with van der Waals surface area (Å²) < 4.78 is 11.4. The average molecular weight is 349 g/mol. The SMILES string of the molecule is CC(C)CC(C)OCCC(=O)N1CCc2[nH]cnc2C12CCOCC2. The first-order chi connectivity index (χ1) is 12.0. The molecule has 1 spiro atoms. The molecule has 6 heteroatoms. The van der Waals surface area contributed by atoms with Crippen molar-refractivity contribution in [3.8, 4) is 0 Å². The second-order valence-corrected chi connectivity index (χ2v) is 7.73. The van der Waals surface area contributed by atoms with E-state index < -0.39 is 0 Å². The van der Waals surface area contributed by atoms with Gasteiger partial charge in [0.1, 0.15) is 0 Å². The number of hydrogen-bond donors (Lipinski definition) is 1. The van der Waals surface area contributed by atoms with Gasteiger partial charge < -0.3 is 19.4 Å². The van der Waals surface area contributed by atoms with E-state index in [1.54, 1.807) is 6.33 Å². The Hall–Kier alpha value is -1.40. The summed E-state index contributed by atoms with van der Waals surface area (Å²) in [5.74, 6) is 0.781. The van der Waals surface area contributed by atoms with Crippen LogP contribution in [0.5, 0.6) is 0 Å². The van der Waals surface area contributed by atoms with Gasteiger partial charge in [-0.3, -0.25) is 4.79 Å². The number of ether oxygens (including phenoxy) is 2. The van der Waals surface area contributed by atoms with Crippen molar-refractivity contribution in [3.05, 3.63) is 17.7 Å². The number of fused-ring (bicyclic) bond motifs is 2. The lowest BCUT2D eigenvalue weighted by Crippen LogP contribution is -2.56. The van der Waals surface area contributed by atoms with Crippen molar-refractivity contribution >= 4 is 5.91 Å². The molecule has 0 radical (unpaired) electrons. The predicted octanol–water partition coefficient (Wildman–Crippen LogP) is 2.64. The minimum absolute atomic E-state index is 0.173. The third-order valence-electron chi connectivity index (χ3n) is 5.40. The smallest absolute Gasteiger partial charge is 0.225 e. The highest BCUT2D eigenvalue weighted by Gasteiger charge is 2.47. The highest BCUT2D eigenvalue weighted by molar-refractivity contribution is 5.77. The monoisotopic (exact) mass is 349 g/mol. The van der Waals surface area contributed by atoms with Crippen LogP contribution in [0.1, 0.15) is 57.8 Å². The molecule has 0 saturated carbocycles. The van der Waals surface area contributed by atoms with Crippen LogP contribution in [-0.4, -0.2) is 53.2 Å².